The zero-order valence-corrected chi connectivity index (χ0v) is 8.31. The van der Waals surface area contributed by atoms with Crippen molar-refractivity contribution in [2.24, 2.45) is 16.1 Å². The predicted molar refractivity (Wildman–Crippen MR) is 53.1 cm³/mol. The first kappa shape index (κ1) is 9.84. The minimum absolute atomic E-state index is 0.252. The van der Waals surface area contributed by atoms with Crippen molar-refractivity contribution < 1.29 is 0 Å². The van der Waals surface area contributed by atoms with Crippen LogP contribution in [0, 0.1) is 5.92 Å². The smallest absolute Gasteiger partial charge is 0.173 e. The Kier molecular flexibility index (Phi) is 3.55. The average molecular weight is 177 g/mol. The first-order valence-electron chi connectivity index (χ1n) is 4.52. The molecule has 0 saturated heterocycles. The Hall–Kier alpha value is -1.25. The van der Waals surface area contributed by atoms with E-state index in [9.17, 15) is 0 Å². The molecule has 70 valence electrons. The van der Waals surface area contributed by atoms with Crippen LogP contribution in [0.1, 0.15) is 20.8 Å². The number of hydrogen-bond donors (Lipinski definition) is 0. The van der Waals surface area contributed by atoms with E-state index in [4.69, 9.17) is 0 Å². The summed E-state index contributed by atoms with van der Waals surface area (Å²) in [7, 11) is 0. The first-order valence-corrected chi connectivity index (χ1v) is 4.52. The Labute approximate surface area is 78.9 Å². The highest BCUT2D eigenvalue weighted by molar-refractivity contribution is 5.23. The molecule has 1 aromatic rings. The van der Waals surface area contributed by atoms with E-state index >= 15 is 0 Å². The first-order chi connectivity index (χ1) is 6.20. The number of nitrogens with zero attached hydrogens (tertiary/aromatic N) is 3. The van der Waals surface area contributed by atoms with Crippen LogP contribution in [0.25, 0.3) is 0 Å². The van der Waals surface area contributed by atoms with Gasteiger partial charge in [0.2, 0.25) is 0 Å². The summed E-state index contributed by atoms with van der Waals surface area (Å²) in [5, 5.41) is 8.20. The van der Waals surface area contributed by atoms with Crippen molar-refractivity contribution in [3.05, 3.63) is 24.4 Å². The van der Waals surface area contributed by atoms with Gasteiger partial charge in [-0.15, -0.1) is 5.11 Å². The van der Waals surface area contributed by atoms with Crippen LogP contribution in [0.4, 0.5) is 5.82 Å². The van der Waals surface area contributed by atoms with E-state index in [0.717, 1.165) is 0 Å². The molecule has 1 atom stereocenters. The molecular formula is C10H15N3. The summed E-state index contributed by atoms with van der Waals surface area (Å²) < 4.78 is 0. The Balaban J connectivity index is 2.59. The topological polar surface area (TPSA) is 37.6 Å². The average Bonchev–Trinajstić information content (AvgIpc) is 2.15. The molecule has 3 heteroatoms. The van der Waals surface area contributed by atoms with Crippen molar-refractivity contribution in [1.82, 2.24) is 4.98 Å². The van der Waals surface area contributed by atoms with E-state index in [1.807, 2.05) is 18.2 Å². The van der Waals surface area contributed by atoms with Gasteiger partial charge in [0.15, 0.2) is 5.82 Å². The van der Waals surface area contributed by atoms with Crippen LogP contribution < -0.4 is 0 Å². The van der Waals surface area contributed by atoms with Crippen LogP contribution in [0.15, 0.2) is 34.6 Å². The Morgan fingerprint density at radius 3 is 2.54 bits per heavy atom. The fourth-order valence-corrected chi connectivity index (χ4v) is 0.696. The van der Waals surface area contributed by atoms with Gasteiger partial charge < -0.3 is 0 Å². The highest BCUT2D eigenvalue weighted by Gasteiger charge is 2.03. The van der Waals surface area contributed by atoms with Crippen molar-refractivity contribution in [2.45, 2.75) is 26.8 Å². The molecule has 1 aromatic heterocycles. The van der Waals surface area contributed by atoms with Crippen LogP contribution in [0.2, 0.25) is 0 Å². The molecule has 0 aliphatic rings. The zero-order valence-electron chi connectivity index (χ0n) is 8.31. The van der Waals surface area contributed by atoms with Crippen molar-refractivity contribution in [3.63, 3.8) is 0 Å². The number of hydrogen-bond acceptors (Lipinski definition) is 3. The monoisotopic (exact) mass is 177 g/mol. The molecule has 13 heavy (non-hydrogen) atoms. The quantitative estimate of drug-likeness (QED) is 0.653. The summed E-state index contributed by atoms with van der Waals surface area (Å²) in [4.78, 5) is 4.05. The van der Waals surface area contributed by atoms with Gasteiger partial charge in [-0.3, -0.25) is 0 Å². The number of pyridine rings is 1. The van der Waals surface area contributed by atoms with Crippen LogP contribution in [0.5, 0.6) is 0 Å². The Morgan fingerprint density at radius 2 is 2.00 bits per heavy atom. The fourth-order valence-electron chi connectivity index (χ4n) is 0.696. The molecule has 0 bridgehead atoms. The number of rotatable bonds is 3. The van der Waals surface area contributed by atoms with E-state index in [1.165, 1.54) is 0 Å². The second kappa shape index (κ2) is 4.70. The summed E-state index contributed by atoms with van der Waals surface area (Å²) >= 11 is 0. The van der Waals surface area contributed by atoms with E-state index in [1.54, 1.807) is 6.20 Å². The maximum Gasteiger partial charge on any atom is 0.173 e. The summed E-state index contributed by atoms with van der Waals surface area (Å²) in [5.74, 6) is 1.20. The van der Waals surface area contributed by atoms with E-state index < -0.39 is 0 Å². The Bertz CT molecular complexity index is 267. The molecule has 1 unspecified atom stereocenters. The largest absolute Gasteiger partial charge is 0.236 e. The minimum Gasteiger partial charge on any atom is -0.236 e. The third-order valence-corrected chi connectivity index (χ3v) is 1.96. The van der Waals surface area contributed by atoms with E-state index in [2.05, 4.69) is 36.0 Å². The SMILES string of the molecule is CC(C)C(C)N=Nc1ccccn1. The van der Waals surface area contributed by atoms with Gasteiger partial charge in [0.05, 0.1) is 6.04 Å². The molecule has 0 N–H and O–H groups in total. The van der Waals surface area contributed by atoms with Gasteiger partial charge in [0.1, 0.15) is 0 Å². The van der Waals surface area contributed by atoms with Gasteiger partial charge >= 0.3 is 0 Å². The summed E-state index contributed by atoms with van der Waals surface area (Å²) in [6.07, 6.45) is 1.72. The maximum absolute atomic E-state index is 4.16. The number of azo groups is 1. The lowest BCUT2D eigenvalue weighted by atomic mass is 10.1. The maximum atomic E-state index is 4.16. The highest BCUT2D eigenvalue weighted by Crippen LogP contribution is 2.10. The van der Waals surface area contributed by atoms with Crippen LogP contribution in [-0.2, 0) is 0 Å². The van der Waals surface area contributed by atoms with Crippen LogP contribution >= 0.6 is 0 Å². The van der Waals surface area contributed by atoms with Gasteiger partial charge in [-0.2, -0.15) is 5.11 Å². The normalized spacial score (nSPS) is 13.8. The molecule has 0 aliphatic heterocycles. The molecule has 0 spiro atoms. The van der Waals surface area contributed by atoms with Gasteiger partial charge in [-0.1, -0.05) is 19.9 Å². The third kappa shape index (κ3) is 3.32. The standard InChI is InChI=1S/C10H15N3/c1-8(2)9(3)12-13-10-6-4-5-7-11-10/h4-9H,1-3H3. The lowest BCUT2D eigenvalue weighted by Gasteiger charge is -2.06. The van der Waals surface area contributed by atoms with Gasteiger partial charge in [-0.05, 0) is 25.0 Å². The second-order valence-electron chi connectivity index (χ2n) is 3.39. The van der Waals surface area contributed by atoms with Crippen molar-refractivity contribution in [3.8, 4) is 0 Å². The zero-order chi connectivity index (χ0) is 9.68. The summed E-state index contributed by atoms with van der Waals surface area (Å²) in [6, 6.07) is 5.87. The van der Waals surface area contributed by atoms with Gasteiger partial charge in [0.25, 0.3) is 0 Å². The fraction of sp³-hybridized carbons (Fsp3) is 0.500. The lowest BCUT2D eigenvalue weighted by molar-refractivity contribution is 0.513. The molecular weight excluding hydrogens is 162 g/mol. The minimum atomic E-state index is 0.252. The number of aromatic nitrogens is 1. The van der Waals surface area contributed by atoms with E-state index in [0.29, 0.717) is 11.7 Å². The second-order valence-corrected chi connectivity index (χ2v) is 3.39. The van der Waals surface area contributed by atoms with Gasteiger partial charge in [0, 0.05) is 6.20 Å². The van der Waals surface area contributed by atoms with E-state index in [-0.39, 0.29) is 6.04 Å². The molecule has 1 heterocycles. The molecule has 0 radical (unpaired) electrons. The third-order valence-electron chi connectivity index (χ3n) is 1.96. The molecule has 0 saturated carbocycles. The lowest BCUT2D eigenvalue weighted by Crippen LogP contribution is -2.05. The molecule has 0 amide bonds. The predicted octanol–water partition coefficient (Wildman–Crippen LogP) is 3.21. The van der Waals surface area contributed by atoms with Crippen molar-refractivity contribution in [1.29, 1.82) is 0 Å². The summed E-state index contributed by atoms with van der Waals surface area (Å²) in [5.41, 5.74) is 0. The van der Waals surface area contributed by atoms with Crippen molar-refractivity contribution in [2.75, 3.05) is 0 Å². The molecule has 0 aliphatic carbocycles. The van der Waals surface area contributed by atoms with Crippen LogP contribution in [-0.4, -0.2) is 11.0 Å². The molecule has 0 aromatic carbocycles. The molecule has 0 fully saturated rings. The Morgan fingerprint density at radius 1 is 1.23 bits per heavy atom. The van der Waals surface area contributed by atoms with Gasteiger partial charge in [-0.25, -0.2) is 4.98 Å². The molecule has 3 nitrogen and oxygen atoms in total. The van der Waals surface area contributed by atoms with Crippen molar-refractivity contribution >= 4 is 5.82 Å². The summed E-state index contributed by atoms with van der Waals surface area (Å²) in [6.45, 7) is 6.31. The molecule has 1 rings (SSSR count). The highest BCUT2D eigenvalue weighted by atomic mass is 15.2. The van der Waals surface area contributed by atoms with Crippen LogP contribution in [0.3, 0.4) is 0 Å².